The quantitative estimate of drug-likeness (QED) is 0.399. The van der Waals surface area contributed by atoms with E-state index in [1.807, 2.05) is 19.1 Å². The van der Waals surface area contributed by atoms with Crippen molar-refractivity contribution < 1.29 is 23.8 Å². The maximum Gasteiger partial charge on any atom is 0.337 e. The van der Waals surface area contributed by atoms with Gasteiger partial charge in [0, 0.05) is 23.9 Å². The van der Waals surface area contributed by atoms with Crippen LogP contribution in [0.3, 0.4) is 0 Å². The van der Waals surface area contributed by atoms with Crippen molar-refractivity contribution in [2.45, 2.75) is 6.92 Å². The first kappa shape index (κ1) is 21.3. The Bertz CT molecular complexity index is 841. The van der Waals surface area contributed by atoms with E-state index in [4.69, 9.17) is 21.7 Å². The maximum atomic E-state index is 12.3. The largest absolute Gasteiger partial charge is 0.491 e. The summed E-state index contributed by atoms with van der Waals surface area (Å²) in [6.07, 6.45) is 0. The van der Waals surface area contributed by atoms with Crippen molar-refractivity contribution >= 4 is 34.9 Å². The Kier molecular flexibility index (Phi) is 8.38. The number of hydrogen-bond donors (Lipinski definition) is 2. The third kappa shape index (κ3) is 6.64. The molecule has 1 amide bonds. The highest BCUT2D eigenvalue weighted by Gasteiger charge is 2.12. The molecule has 0 radical (unpaired) electrons. The minimum absolute atomic E-state index is 0.125. The summed E-state index contributed by atoms with van der Waals surface area (Å²) in [6.45, 7) is 3.51. The fourth-order valence-corrected chi connectivity index (χ4v) is 2.48. The normalized spacial score (nSPS) is 10.1. The van der Waals surface area contributed by atoms with Crippen molar-refractivity contribution in [1.82, 2.24) is 5.32 Å². The van der Waals surface area contributed by atoms with Crippen LogP contribution in [-0.2, 0) is 9.47 Å². The summed E-state index contributed by atoms with van der Waals surface area (Å²) in [5.74, 6) is -0.298. The average Bonchev–Trinajstić information content (AvgIpc) is 2.71. The Morgan fingerprint density at radius 1 is 1.04 bits per heavy atom. The molecular weight excluding hydrogens is 380 g/mol. The van der Waals surface area contributed by atoms with E-state index in [1.165, 1.54) is 13.2 Å². The van der Waals surface area contributed by atoms with E-state index in [1.54, 1.807) is 30.3 Å². The molecule has 28 heavy (non-hydrogen) atoms. The highest BCUT2D eigenvalue weighted by atomic mass is 32.1. The molecule has 0 aliphatic carbocycles. The molecule has 2 aromatic rings. The van der Waals surface area contributed by atoms with Crippen molar-refractivity contribution in [2.24, 2.45) is 0 Å². The van der Waals surface area contributed by atoms with Crippen LogP contribution in [0.1, 0.15) is 27.6 Å². The molecule has 0 bridgehead atoms. The van der Waals surface area contributed by atoms with Crippen LogP contribution in [0.15, 0.2) is 48.5 Å². The van der Waals surface area contributed by atoms with Crippen LogP contribution in [0.2, 0.25) is 0 Å². The second kappa shape index (κ2) is 11.0. The first-order valence-electron chi connectivity index (χ1n) is 8.64. The molecule has 2 N–H and O–H groups in total. The number of carbonyl (C=O) groups is 2. The monoisotopic (exact) mass is 402 g/mol. The lowest BCUT2D eigenvalue weighted by Gasteiger charge is -2.12. The summed E-state index contributed by atoms with van der Waals surface area (Å²) in [4.78, 5) is 23.9. The zero-order chi connectivity index (χ0) is 20.4. The Hall–Kier alpha value is -2.97. The molecule has 0 spiro atoms. The second-order valence-electron chi connectivity index (χ2n) is 5.55. The van der Waals surface area contributed by atoms with Crippen LogP contribution in [0.25, 0.3) is 0 Å². The first-order chi connectivity index (χ1) is 13.5. The molecule has 0 heterocycles. The van der Waals surface area contributed by atoms with Gasteiger partial charge in [0.05, 0.1) is 19.3 Å². The number of rotatable bonds is 8. The van der Waals surface area contributed by atoms with Gasteiger partial charge >= 0.3 is 5.97 Å². The van der Waals surface area contributed by atoms with Gasteiger partial charge in [-0.15, -0.1) is 0 Å². The molecule has 0 aliphatic rings. The zero-order valence-electron chi connectivity index (χ0n) is 15.7. The maximum absolute atomic E-state index is 12.3. The number of anilines is 1. The summed E-state index contributed by atoms with van der Waals surface area (Å²) in [5, 5.41) is 5.63. The van der Waals surface area contributed by atoms with Crippen molar-refractivity contribution in [3.05, 3.63) is 59.7 Å². The number of hydrogen-bond acceptors (Lipinski definition) is 6. The molecule has 148 valence electrons. The Labute approximate surface area is 169 Å². The van der Waals surface area contributed by atoms with Crippen LogP contribution in [0, 0.1) is 0 Å². The van der Waals surface area contributed by atoms with Gasteiger partial charge in [-0.2, -0.15) is 0 Å². The molecule has 7 nitrogen and oxygen atoms in total. The fourth-order valence-electron chi connectivity index (χ4n) is 2.27. The van der Waals surface area contributed by atoms with Gasteiger partial charge in [-0.25, -0.2) is 4.79 Å². The number of thiocarbonyl (C=S) groups is 1. The van der Waals surface area contributed by atoms with Gasteiger partial charge in [0.25, 0.3) is 5.91 Å². The van der Waals surface area contributed by atoms with Gasteiger partial charge < -0.3 is 19.5 Å². The highest BCUT2D eigenvalue weighted by molar-refractivity contribution is 7.80. The molecule has 0 saturated carbocycles. The summed E-state index contributed by atoms with van der Waals surface area (Å²) < 4.78 is 15.5. The number of carbonyl (C=O) groups excluding carboxylic acids is 2. The number of benzene rings is 2. The average molecular weight is 402 g/mol. The third-order valence-electron chi connectivity index (χ3n) is 3.57. The molecule has 0 aromatic heterocycles. The van der Waals surface area contributed by atoms with Gasteiger partial charge in [-0.1, -0.05) is 12.1 Å². The van der Waals surface area contributed by atoms with Gasteiger partial charge in [-0.05, 0) is 49.5 Å². The summed E-state index contributed by atoms with van der Waals surface area (Å²) in [5.41, 5.74) is 1.24. The van der Waals surface area contributed by atoms with Gasteiger partial charge in [-0.3, -0.25) is 10.1 Å². The van der Waals surface area contributed by atoms with Gasteiger partial charge in [0.15, 0.2) is 5.11 Å². The SMILES string of the molecule is CCOCCOc1cccc(NC(=S)NC(=O)c2cccc(C(=O)OC)c2)c1. The van der Waals surface area contributed by atoms with Crippen molar-refractivity contribution in [2.75, 3.05) is 32.2 Å². The molecule has 0 fully saturated rings. The van der Waals surface area contributed by atoms with E-state index in [0.29, 0.717) is 36.8 Å². The summed E-state index contributed by atoms with van der Waals surface area (Å²) >= 11 is 5.19. The van der Waals surface area contributed by atoms with E-state index >= 15 is 0 Å². The van der Waals surface area contributed by atoms with E-state index in [9.17, 15) is 9.59 Å². The van der Waals surface area contributed by atoms with E-state index in [2.05, 4.69) is 15.4 Å². The van der Waals surface area contributed by atoms with Crippen LogP contribution in [-0.4, -0.2) is 43.9 Å². The molecule has 8 heteroatoms. The highest BCUT2D eigenvalue weighted by Crippen LogP contribution is 2.17. The smallest absolute Gasteiger partial charge is 0.337 e. The molecule has 2 aromatic carbocycles. The summed E-state index contributed by atoms with van der Waals surface area (Å²) in [7, 11) is 1.28. The summed E-state index contributed by atoms with van der Waals surface area (Å²) in [6, 6.07) is 13.4. The molecule has 0 atom stereocenters. The van der Waals surface area contributed by atoms with Gasteiger partial charge in [0.2, 0.25) is 0 Å². The van der Waals surface area contributed by atoms with Crippen LogP contribution >= 0.6 is 12.2 Å². The van der Waals surface area contributed by atoms with Crippen molar-refractivity contribution in [3.8, 4) is 5.75 Å². The van der Waals surface area contributed by atoms with E-state index in [0.717, 1.165) is 0 Å². The lowest BCUT2D eigenvalue weighted by atomic mass is 10.1. The van der Waals surface area contributed by atoms with Gasteiger partial charge in [0.1, 0.15) is 12.4 Å². The molecule has 0 saturated heterocycles. The van der Waals surface area contributed by atoms with Crippen molar-refractivity contribution in [3.63, 3.8) is 0 Å². The van der Waals surface area contributed by atoms with Crippen molar-refractivity contribution in [1.29, 1.82) is 0 Å². The number of esters is 1. The number of amides is 1. The lowest BCUT2D eigenvalue weighted by Crippen LogP contribution is -2.34. The Morgan fingerprint density at radius 3 is 2.54 bits per heavy atom. The van der Waals surface area contributed by atoms with Crippen LogP contribution < -0.4 is 15.4 Å². The zero-order valence-corrected chi connectivity index (χ0v) is 16.5. The predicted octanol–water partition coefficient (Wildman–Crippen LogP) is 3.02. The number of methoxy groups -OCH3 is 1. The standard InChI is InChI=1S/C20H22N2O5S/c1-3-26-10-11-27-17-9-5-8-16(13-17)21-20(28)22-18(23)14-6-4-7-15(12-14)19(24)25-2/h4-9,12-13H,3,10-11H2,1-2H3,(H2,21,22,23,28). The van der Waals surface area contributed by atoms with E-state index < -0.39 is 11.9 Å². The topological polar surface area (TPSA) is 85.9 Å². The van der Waals surface area contributed by atoms with Crippen LogP contribution in [0.4, 0.5) is 5.69 Å². The van der Waals surface area contributed by atoms with E-state index in [-0.39, 0.29) is 10.7 Å². The molecular formula is C20H22N2O5S. The first-order valence-corrected chi connectivity index (χ1v) is 9.05. The third-order valence-corrected chi connectivity index (χ3v) is 3.77. The second-order valence-corrected chi connectivity index (χ2v) is 5.96. The predicted molar refractivity (Wildman–Crippen MR) is 110 cm³/mol. The minimum Gasteiger partial charge on any atom is -0.491 e. The number of nitrogens with one attached hydrogen (secondary N) is 2. The van der Waals surface area contributed by atoms with Crippen LogP contribution in [0.5, 0.6) is 5.75 Å². The molecule has 0 unspecified atom stereocenters. The lowest BCUT2D eigenvalue weighted by molar-refractivity contribution is 0.0600. The Balaban J connectivity index is 1.93. The Morgan fingerprint density at radius 2 is 1.79 bits per heavy atom. The fraction of sp³-hybridized carbons (Fsp3) is 0.250. The molecule has 0 aliphatic heterocycles. The minimum atomic E-state index is -0.517. The number of ether oxygens (including phenoxy) is 3. The molecule has 2 rings (SSSR count).